The highest BCUT2D eigenvalue weighted by molar-refractivity contribution is 7.89. The van der Waals surface area contributed by atoms with Crippen molar-refractivity contribution < 1.29 is 12.8 Å². The lowest BCUT2D eigenvalue weighted by molar-refractivity contribution is 0.317. The summed E-state index contributed by atoms with van der Waals surface area (Å²) >= 11 is 0. The fourth-order valence-corrected chi connectivity index (χ4v) is 2.53. The molecule has 1 heterocycles. The standard InChI is InChI=1S/C12H21N3O3S/c1-13-19(16,17)12-6-5-11(18-12)9-14-7-8-15(2)10-3-4-10/h5-6,10,13-14H,3-4,7-9H2,1-2H3. The molecule has 2 rings (SSSR count). The van der Waals surface area contributed by atoms with Crippen LogP contribution >= 0.6 is 0 Å². The third-order valence-electron chi connectivity index (χ3n) is 3.28. The van der Waals surface area contributed by atoms with Crippen LogP contribution in [0.4, 0.5) is 0 Å². The van der Waals surface area contributed by atoms with Crippen molar-refractivity contribution in [1.82, 2.24) is 14.9 Å². The van der Waals surface area contributed by atoms with Crippen LogP contribution in [0.15, 0.2) is 21.6 Å². The van der Waals surface area contributed by atoms with Crippen molar-refractivity contribution in [2.75, 3.05) is 27.2 Å². The molecule has 1 saturated carbocycles. The maximum absolute atomic E-state index is 11.5. The van der Waals surface area contributed by atoms with E-state index in [1.54, 1.807) is 6.07 Å². The molecule has 0 bridgehead atoms. The number of nitrogens with one attached hydrogen (secondary N) is 2. The number of likely N-dealkylation sites (N-methyl/N-ethyl adjacent to an activating group) is 1. The molecule has 0 spiro atoms. The number of hydrogen-bond acceptors (Lipinski definition) is 5. The summed E-state index contributed by atoms with van der Waals surface area (Å²) in [7, 11) is 0.0163. The van der Waals surface area contributed by atoms with E-state index in [9.17, 15) is 8.42 Å². The van der Waals surface area contributed by atoms with E-state index in [-0.39, 0.29) is 5.09 Å². The molecule has 1 aliphatic rings. The zero-order valence-corrected chi connectivity index (χ0v) is 12.2. The molecule has 1 aromatic heterocycles. The first-order valence-electron chi connectivity index (χ1n) is 6.46. The van der Waals surface area contributed by atoms with Gasteiger partial charge >= 0.3 is 0 Å². The van der Waals surface area contributed by atoms with Crippen LogP contribution in [0.5, 0.6) is 0 Å². The molecule has 0 aromatic carbocycles. The Balaban J connectivity index is 1.74. The minimum absolute atomic E-state index is 0.0399. The fraction of sp³-hybridized carbons (Fsp3) is 0.667. The van der Waals surface area contributed by atoms with E-state index in [2.05, 4.69) is 22.0 Å². The molecule has 0 radical (unpaired) electrons. The summed E-state index contributed by atoms with van der Waals surface area (Å²) in [6.45, 7) is 2.40. The summed E-state index contributed by atoms with van der Waals surface area (Å²) in [6, 6.07) is 3.92. The predicted molar refractivity (Wildman–Crippen MR) is 72.3 cm³/mol. The molecule has 2 N–H and O–H groups in total. The normalized spacial score (nSPS) is 16.2. The Kier molecular flexibility index (Phi) is 4.62. The topological polar surface area (TPSA) is 74.6 Å². The van der Waals surface area contributed by atoms with Crippen LogP contribution in [-0.4, -0.2) is 46.5 Å². The van der Waals surface area contributed by atoms with Gasteiger partial charge in [-0.2, -0.15) is 0 Å². The van der Waals surface area contributed by atoms with Crippen LogP contribution in [0.1, 0.15) is 18.6 Å². The average Bonchev–Trinajstić information content (AvgIpc) is 3.13. The average molecular weight is 287 g/mol. The van der Waals surface area contributed by atoms with Crippen molar-refractivity contribution in [2.45, 2.75) is 30.5 Å². The molecule has 1 aliphatic carbocycles. The maximum atomic E-state index is 11.5. The SMILES string of the molecule is CNS(=O)(=O)c1ccc(CNCCN(C)C2CC2)o1. The summed E-state index contributed by atoms with van der Waals surface area (Å²) in [5.41, 5.74) is 0. The minimum Gasteiger partial charge on any atom is -0.447 e. The number of sulfonamides is 1. The van der Waals surface area contributed by atoms with Crippen molar-refractivity contribution in [1.29, 1.82) is 0 Å². The molecule has 1 aromatic rings. The molecule has 1 fully saturated rings. The zero-order valence-electron chi connectivity index (χ0n) is 11.3. The summed E-state index contributed by atoms with van der Waals surface area (Å²) in [4.78, 5) is 2.34. The van der Waals surface area contributed by atoms with Crippen molar-refractivity contribution in [3.8, 4) is 0 Å². The molecular weight excluding hydrogens is 266 g/mol. The highest BCUT2D eigenvalue weighted by atomic mass is 32.2. The molecular formula is C12H21N3O3S. The van der Waals surface area contributed by atoms with E-state index in [1.807, 2.05) is 0 Å². The Morgan fingerprint density at radius 2 is 2.16 bits per heavy atom. The molecule has 7 heteroatoms. The van der Waals surface area contributed by atoms with Gasteiger partial charge in [0.15, 0.2) is 0 Å². The van der Waals surface area contributed by atoms with Crippen molar-refractivity contribution in [2.24, 2.45) is 0 Å². The molecule has 0 aliphatic heterocycles. The van der Waals surface area contributed by atoms with Gasteiger partial charge in [-0.15, -0.1) is 0 Å². The van der Waals surface area contributed by atoms with Crippen molar-refractivity contribution in [3.63, 3.8) is 0 Å². The summed E-state index contributed by atoms with van der Waals surface area (Å²) in [5, 5.41) is 3.21. The lowest BCUT2D eigenvalue weighted by Gasteiger charge is -2.15. The summed E-state index contributed by atoms with van der Waals surface area (Å²) in [6.07, 6.45) is 2.61. The van der Waals surface area contributed by atoms with E-state index >= 15 is 0 Å². The van der Waals surface area contributed by atoms with Crippen LogP contribution in [0.3, 0.4) is 0 Å². The van der Waals surface area contributed by atoms with Gasteiger partial charge < -0.3 is 14.6 Å². The Bertz CT molecular complexity index is 508. The van der Waals surface area contributed by atoms with Crippen molar-refractivity contribution in [3.05, 3.63) is 17.9 Å². The number of hydrogen-bond donors (Lipinski definition) is 2. The molecule has 0 unspecified atom stereocenters. The third-order valence-corrected chi connectivity index (χ3v) is 4.57. The first-order chi connectivity index (χ1) is 9.03. The Labute approximate surface area is 114 Å². The smallest absolute Gasteiger partial charge is 0.273 e. The van der Waals surface area contributed by atoms with E-state index in [0.717, 1.165) is 19.1 Å². The second-order valence-electron chi connectivity index (χ2n) is 4.82. The second-order valence-corrected chi connectivity index (χ2v) is 6.63. The molecule has 0 atom stereocenters. The van der Waals surface area contributed by atoms with Gasteiger partial charge in [-0.3, -0.25) is 0 Å². The highest BCUT2D eigenvalue weighted by Crippen LogP contribution is 2.24. The lowest BCUT2D eigenvalue weighted by Crippen LogP contribution is -2.30. The van der Waals surface area contributed by atoms with E-state index in [0.29, 0.717) is 12.3 Å². The van der Waals surface area contributed by atoms with E-state index in [1.165, 1.54) is 26.0 Å². The van der Waals surface area contributed by atoms with Gasteiger partial charge in [0.2, 0.25) is 5.09 Å². The minimum atomic E-state index is -3.48. The van der Waals surface area contributed by atoms with Gasteiger partial charge in [0.05, 0.1) is 6.54 Å². The van der Waals surface area contributed by atoms with Crippen LogP contribution in [0.2, 0.25) is 0 Å². The predicted octanol–water partition coefficient (Wildman–Crippen LogP) is 0.372. The molecule has 108 valence electrons. The monoisotopic (exact) mass is 287 g/mol. The van der Waals surface area contributed by atoms with Gasteiger partial charge in [-0.1, -0.05) is 0 Å². The first-order valence-corrected chi connectivity index (χ1v) is 7.94. The fourth-order valence-electron chi connectivity index (χ4n) is 1.86. The number of furan rings is 1. The quantitative estimate of drug-likeness (QED) is 0.676. The Morgan fingerprint density at radius 1 is 1.42 bits per heavy atom. The van der Waals surface area contributed by atoms with Gasteiger partial charge in [-0.05, 0) is 39.1 Å². The zero-order chi connectivity index (χ0) is 13.9. The third kappa shape index (κ3) is 4.04. The van der Waals surface area contributed by atoms with E-state index < -0.39 is 10.0 Å². The number of nitrogens with zero attached hydrogens (tertiary/aromatic N) is 1. The van der Waals surface area contributed by atoms with Crippen LogP contribution in [0.25, 0.3) is 0 Å². The van der Waals surface area contributed by atoms with Crippen molar-refractivity contribution >= 4 is 10.0 Å². The summed E-state index contributed by atoms with van der Waals surface area (Å²) in [5.74, 6) is 0.628. The van der Waals surface area contributed by atoms with Gasteiger partial charge in [0, 0.05) is 19.1 Å². The maximum Gasteiger partial charge on any atom is 0.273 e. The largest absolute Gasteiger partial charge is 0.447 e. The van der Waals surface area contributed by atoms with Crippen LogP contribution in [-0.2, 0) is 16.6 Å². The van der Waals surface area contributed by atoms with Gasteiger partial charge in [0.1, 0.15) is 5.76 Å². The van der Waals surface area contributed by atoms with Gasteiger partial charge in [0.25, 0.3) is 10.0 Å². The molecule has 19 heavy (non-hydrogen) atoms. The molecule has 6 nitrogen and oxygen atoms in total. The Morgan fingerprint density at radius 3 is 2.79 bits per heavy atom. The van der Waals surface area contributed by atoms with Crippen LogP contribution < -0.4 is 10.0 Å². The highest BCUT2D eigenvalue weighted by Gasteiger charge is 2.25. The first kappa shape index (κ1) is 14.5. The number of rotatable bonds is 8. The van der Waals surface area contributed by atoms with Gasteiger partial charge in [-0.25, -0.2) is 13.1 Å². The second kappa shape index (κ2) is 6.04. The molecule has 0 amide bonds. The lowest BCUT2D eigenvalue weighted by atomic mass is 10.4. The molecule has 0 saturated heterocycles. The van der Waals surface area contributed by atoms with Crippen LogP contribution in [0, 0.1) is 0 Å². The summed E-state index contributed by atoms with van der Waals surface area (Å²) < 4.78 is 30.5. The Hall–Kier alpha value is -0.890. The van der Waals surface area contributed by atoms with E-state index in [4.69, 9.17) is 4.42 Å².